The zero-order valence-corrected chi connectivity index (χ0v) is 12.5. The van der Waals surface area contributed by atoms with Crippen molar-refractivity contribution in [3.63, 3.8) is 0 Å². The van der Waals surface area contributed by atoms with E-state index >= 15 is 0 Å². The number of benzene rings is 1. The molecular formula is C14H16N4O4. The van der Waals surface area contributed by atoms with Crippen molar-refractivity contribution in [1.82, 2.24) is 14.8 Å². The fraction of sp³-hybridized carbons (Fsp3) is 0.357. The van der Waals surface area contributed by atoms with Crippen molar-refractivity contribution in [2.75, 3.05) is 26.6 Å². The van der Waals surface area contributed by atoms with Gasteiger partial charge < -0.3 is 14.2 Å². The Kier molecular flexibility index (Phi) is 3.58. The zero-order valence-electron chi connectivity index (χ0n) is 12.5. The normalized spacial score (nSPS) is 16.7. The van der Waals surface area contributed by atoms with Gasteiger partial charge in [-0.05, 0) is 17.7 Å². The molecule has 8 nitrogen and oxygen atoms in total. The number of hydrogen-bond acceptors (Lipinski definition) is 6. The minimum Gasteiger partial charge on any atom is -0.493 e. The molecular weight excluding hydrogens is 288 g/mol. The number of amides is 1. The molecule has 8 heteroatoms. The lowest BCUT2D eigenvalue weighted by Crippen LogP contribution is -2.29. The van der Waals surface area contributed by atoms with Gasteiger partial charge in [-0.2, -0.15) is 10.1 Å². The van der Waals surface area contributed by atoms with E-state index in [1.807, 2.05) is 12.1 Å². The first-order chi connectivity index (χ1) is 10.7. The Morgan fingerprint density at radius 1 is 1.18 bits per heavy atom. The predicted octanol–water partition coefficient (Wildman–Crippen LogP) is 1.24. The molecule has 0 unspecified atom stereocenters. The molecule has 0 fully saturated rings. The van der Waals surface area contributed by atoms with Crippen LogP contribution in [-0.2, 0) is 4.79 Å². The van der Waals surface area contributed by atoms with Crippen molar-refractivity contribution >= 4 is 11.9 Å². The second-order valence-corrected chi connectivity index (χ2v) is 4.75. The molecule has 2 heterocycles. The van der Waals surface area contributed by atoms with E-state index in [9.17, 15) is 4.79 Å². The number of anilines is 1. The van der Waals surface area contributed by atoms with Gasteiger partial charge in [-0.1, -0.05) is 0 Å². The maximum absolute atomic E-state index is 11.9. The van der Waals surface area contributed by atoms with Crippen LogP contribution >= 0.6 is 0 Å². The van der Waals surface area contributed by atoms with Crippen LogP contribution in [0.2, 0.25) is 0 Å². The van der Waals surface area contributed by atoms with Crippen LogP contribution in [0.15, 0.2) is 18.5 Å². The van der Waals surface area contributed by atoms with Gasteiger partial charge in [0.25, 0.3) is 0 Å². The molecule has 22 heavy (non-hydrogen) atoms. The summed E-state index contributed by atoms with van der Waals surface area (Å²) < 4.78 is 17.7. The maximum atomic E-state index is 11.9. The largest absolute Gasteiger partial charge is 0.493 e. The first-order valence-electron chi connectivity index (χ1n) is 6.67. The summed E-state index contributed by atoms with van der Waals surface area (Å²) in [6, 6.07) is 3.35. The maximum Gasteiger partial charge on any atom is 0.229 e. The lowest BCUT2D eigenvalue weighted by Gasteiger charge is -2.25. The van der Waals surface area contributed by atoms with Gasteiger partial charge in [0, 0.05) is 0 Å². The van der Waals surface area contributed by atoms with Crippen LogP contribution in [-0.4, -0.2) is 42.0 Å². The second kappa shape index (κ2) is 5.55. The van der Waals surface area contributed by atoms with E-state index in [4.69, 9.17) is 14.2 Å². The molecule has 1 aliphatic rings. The summed E-state index contributed by atoms with van der Waals surface area (Å²) in [5.74, 6) is 1.89. The van der Waals surface area contributed by atoms with E-state index in [1.165, 1.54) is 6.33 Å². The Bertz CT molecular complexity index is 688. The average Bonchev–Trinajstić information content (AvgIpc) is 3.00. The number of fused-ring (bicyclic) bond motifs is 1. The van der Waals surface area contributed by atoms with Crippen molar-refractivity contribution in [3.8, 4) is 17.2 Å². The third kappa shape index (κ3) is 2.22. The number of methoxy groups -OCH3 is 3. The van der Waals surface area contributed by atoms with Crippen LogP contribution in [0.5, 0.6) is 17.2 Å². The third-order valence-electron chi connectivity index (χ3n) is 3.57. The van der Waals surface area contributed by atoms with Crippen LogP contribution in [0.1, 0.15) is 18.0 Å². The topological polar surface area (TPSA) is 87.5 Å². The Hall–Kier alpha value is -2.77. The fourth-order valence-electron chi connectivity index (χ4n) is 2.56. The van der Waals surface area contributed by atoms with Gasteiger partial charge in [0.1, 0.15) is 6.33 Å². The Balaban J connectivity index is 2.11. The fourth-order valence-corrected chi connectivity index (χ4v) is 2.56. The molecule has 0 saturated carbocycles. The summed E-state index contributed by atoms with van der Waals surface area (Å²) in [4.78, 5) is 15.9. The lowest BCUT2D eigenvalue weighted by atomic mass is 10.0. The highest BCUT2D eigenvalue weighted by atomic mass is 16.5. The molecule has 0 radical (unpaired) electrons. The summed E-state index contributed by atoms with van der Waals surface area (Å²) in [5.41, 5.74) is 0.830. The molecule has 1 aromatic carbocycles. The van der Waals surface area contributed by atoms with E-state index in [-0.39, 0.29) is 18.4 Å². The van der Waals surface area contributed by atoms with Crippen molar-refractivity contribution in [1.29, 1.82) is 0 Å². The first kappa shape index (κ1) is 14.2. The number of rotatable bonds is 4. The quantitative estimate of drug-likeness (QED) is 0.914. The summed E-state index contributed by atoms with van der Waals surface area (Å²) >= 11 is 0. The molecule has 3 rings (SSSR count). The van der Waals surface area contributed by atoms with Crippen LogP contribution in [0.3, 0.4) is 0 Å². The van der Waals surface area contributed by atoms with Gasteiger partial charge in [-0.3, -0.25) is 10.1 Å². The van der Waals surface area contributed by atoms with Crippen molar-refractivity contribution in [3.05, 3.63) is 24.0 Å². The van der Waals surface area contributed by atoms with E-state index in [0.717, 1.165) is 5.56 Å². The second-order valence-electron chi connectivity index (χ2n) is 4.75. The molecule has 0 saturated heterocycles. The molecule has 0 spiro atoms. The Labute approximate surface area is 127 Å². The molecule has 1 amide bonds. The zero-order chi connectivity index (χ0) is 15.7. The predicted molar refractivity (Wildman–Crippen MR) is 77.5 cm³/mol. The standard InChI is InChI=1S/C14H16N4O4/c1-20-10-4-8(5-11(21-2)13(10)22-3)9-6-12(19)17-14-15-7-16-18(9)14/h4-5,7,9H,6H2,1-3H3,(H,15,16,17,19)/t9-/m1/s1. The molecule has 1 atom stereocenters. The molecule has 116 valence electrons. The smallest absolute Gasteiger partial charge is 0.229 e. The number of aromatic nitrogens is 3. The van der Waals surface area contributed by atoms with Crippen LogP contribution in [0.4, 0.5) is 5.95 Å². The number of nitrogens with one attached hydrogen (secondary N) is 1. The number of carbonyl (C=O) groups excluding carboxylic acids is 1. The molecule has 2 aromatic rings. The number of nitrogens with zero attached hydrogens (tertiary/aromatic N) is 3. The minimum atomic E-state index is -0.278. The van der Waals surface area contributed by atoms with Gasteiger partial charge in [-0.15, -0.1) is 0 Å². The number of carbonyl (C=O) groups is 1. The SMILES string of the molecule is COc1cc([C@H]2CC(=O)Nc3ncnn32)cc(OC)c1OC. The van der Waals surface area contributed by atoms with Gasteiger partial charge >= 0.3 is 0 Å². The highest BCUT2D eigenvalue weighted by Gasteiger charge is 2.29. The van der Waals surface area contributed by atoms with Crippen LogP contribution in [0.25, 0.3) is 0 Å². The molecule has 0 bridgehead atoms. The van der Waals surface area contributed by atoms with E-state index in [2.05, 4.69) is 15.4 Å². The van der Waals surface area contributed by atoms with Gasteiger partial charge in [-0.25, -0.2) is 4.68 Å². The first-order valence-corrected chi connectivity index (χ1v) is 6.67. The average molecular weight is 304 g/mol. The summed E-state index contributed by atoms with van der Waals surface area (Å²) in [5, 5.41) is 6.86. The molecule has 1 N–H and O–H groups in total. The molecule has 1 aliphatic heterocycles. The summed E-state index contributed by atoms with van der Waals surface area (Å²) in [6.45, 7) is 0. The third-order valence-corrected chi connectivity index (χ3v) is 3.57. The molecule has 1 aromatic heterocycles. The van der Waals surface area contributed by atoms with Crippen LogP contribution in [0, 0.1) is 0 Å². The highest BCUT2D eigenvalue weighted by molar-refractivity contribution is 5.91. The van der Waals surface area contributed by atoms with E-state index in [1.54, 1.807) is 26.0 Å². The van der Waals surface area contributed by atoms with Gasteiger partial charge in [0.05, 0.1) is 33.8 Å². The Morgan fingerprint density at radius 2 is 1.86 bits per heavy atom. The van der Waals surface area contributed by atoms with Crippen molar-refractivity contribution < 1.29 is 19.0 Å². The van der Waals surface area contributed by atoms with Gasteiger partial charge in [0.15, 0.2) is 11.5 Å². The minimum absolute atomic E-state index is 0.112. The number of hydrogen-bond donors (Lipinski definition) is 1. The monoisotopic (exact) mass is 304 g/mol. The molecule has 0 aliphatic carbocycles. The van der Waals surface area contributed by atoms with Crippen molar-refractivity contribution in [2.45, 2.75) is 12.5 Å². The van der Waals surface area contributed by atoms with Crippen LogP contribution < -0.4 is 19.5 Å². The summed E-state index contributed by atoms with van der Waals surface area (Å²) in [7, 11) is 4.65. The number of ether oxygens (including phenoxy) is 3. The van der Waals surface area contributed by atoms with Gasteiger partial charge in [0.2, 0.25) is 17.6 Å². The lowest BCUT2D eigenvalue weighted by molar-refractivity contribution is -0.117. The van der Waals surface area contributed by atoms with E-state index < -0.39 is 0 Å². The summed E-state index contributed by atoms with van der Waals surface area (Å²) in [6.07, 6.45) is 1.67. The Morgan fingerprint density at radius 3 is 2.45 bits per heavy atom. The highest BCUT2D eigenvalue weighted by Crippen LogP contribution is 2.41. The van der Waals surface area contributed by atoms with Crippen molar-refractivity contribution in [2.24, 2.45) is 0 Å². The van der Waals surface area contributed by atoms with E-state index in [0.29, 0.717) is 23.2 Å².